The Morgan fingerprint density at radius 3 is 2.14 bits per heavy atom. The standard InChI is InChI=1S/C15H14O6/c16-10-2-1-7(3-13(10)19)15-14(20)6-9-11(17)4-8(21-15)5-12(9)18/h1-5,14-20H,6H2/t14-,15+/m0/s1. The van der Waals surface area contributed by atoms with Crippen molar-refractivity contribution in [2.75, 3.05) is 0 Å². The minimum absolute atomic E-state index is 0.00967. The number of aliphatic hydroxyl groups is 1. The molecule has 0 fully saturated rings. The molecule has 0 radical (unpaired) electrons. The fourth-order valence-electron chi connectivity index (χ4n) is 2.44. The molecule has 0 saturated carbocycles. The van der Waals surface area contributed by atoms with Crippen LogP contribution in [0.25, 0.3) is 0 Å². The molecule has 0 amide bonds. The number of phenolic OH excluding ortho intramolecular Hbond substituents is 4. The predicted molar refractivity (Wildman–Crippen MR) is 72.6 cm³/mol. The fraction of sp³-hybridized carbons (Fsp3) is 0.200. The van der Waals surface area contributed by atoms with E-state index in [1.165, 1.54) is 30.3 Å². The second kappa shape index (κ2) is 4.75. The number of hydrogen-bond donors (Lipinski definition) is 5. The van der Waals surface area contributed by atoms with Crippen LogP contribution in [0.1, 0.15) is 17.2 Å². The molecule has 2 atom stereocenters. The van der Waals surface area contributed by atoms with Crippen molar-refractivity contribution >= 4 is 0 Å². The van der Waals surface area contributed by atoms with E-state index in [4.69, 9.17) is 4.74 Å². The van der Waals surface area contributed by atoms with E-state index >= 15 is 0 Å². The molecule has 2 aliphatic heterocycles. The monoisotopic (exact) mass is 290 g/mol. The normalized spacial score (nSPS) is 20.6. The lowest BCUT2D eigenvalue weighted by atomic mass is 9.95. The highest BCUT2D eigenvalue weighted by Crippen LogP contribution is 2.41. The van der Waals surface area contributed by atoms with Crippen LogP contribution in [0.4, 0.5) is 0 Å². The molecule has 0 aliphatic carbocycles. The molecule has 5 N–H and O–H groups in total. The Kier molecular flexibility index (Phi) is 3.03. The van der Waals surface area contributed by atoms with Gasteiger partial charge in [-0.15, -0.1) is 0 Å². The molecule has 6 nitrogen and oxygen atoms in total. The smallest absolute Gasteiger partial charge is 0.157 e. The summed E-state index contributed by atoms with van der Waals surface area (Å²) in [4.78, 5) is 0. The zero-order valence-electron chi connectivity index (χ0n) is 10.9. The Hall–Kier alpha value is -2.60. The molecule has 2 aromatic rings. The van der Waals surface area contributed by atoms with E-state index in [-0.39, 0.29) is 40.7 Å². The molecule has 6 heteroatoms. The van der Waals surface area contributed by atoms with E-state index in [0.717, 1.165) is 0 Å². The summed E-state index contributed by atoms with van der Waals surface area (Å²) in [7, 11) is 0. The van der Waals surface area contributed by atoms with Crippen LogP contribution in [-0.4, -0.2) is 31.6 Å². The van der Waals surface area contributed by atoms with E-state index in [9.17, 15) is 25.5 Å². The second-order valence-electron chi connectivity index (χ2n) is 5.00. The first-order valence-electron chi connectivity index (χ1n) is 6.37. The summed E-state index contributed by atoms with van der Waals surface area (Å²) >= 11 is 0. The molecule has 0 saturated heterocycles. The average molecular weight is 290 g/mol. The van der Waals surface area contributed by atoms with E-state index in [1.54, 1.807) is 0 Å². The van der Waals surface area contributed by atoms with Gasteiger partial charge in [-0.2, -0.15) is 0 Å². The van der Waals surface area contributed by atoms with Gasteiger partial charge in [-0.1, -0.05) is 6.07 Å². The molecule has 0 aromatic heterocycles. The number of ether oxygens (including phenoxy) is 1. The van der Waals surface area contributed by atoms with Crippen LogP contribution in [-0.2, 0) is 6.42 Å². The zero-order chi connectivity index (χ0) is 15.1. The first-order valence-corrected chi connectivity index (χ1v) is 6.37. The lowest BCUT2D eigenvalue weighted by Crippen LogP contribution is -2.27. The molecular weight excluding hydrogens is 276 g/mol. The van der Waals surface area contributed by atoms with Crippen molar-refractivity contribution in [3.63, 3.8) is 0 Å². The number of rotatable bonds is 1. The number of aromatic hydroxyl groups is 4. The van der Waals surface area contributed by atoms with Gasteiger partial charge in [0.2, 0.25) is 0 Å². The van der Waals surface area contributed by atoms with Crippen LogP contribution in [0.5, 0.6) is 28.7 Å². The quantitative estimate of drug-likeness (QED) is 0.510. The largest absolute Gasteiger partial charge is 0.507 e. The third-order valence-electron chi connectivity index (χ3n) is 3.53. The topological polar surface area (TPSA) is 110 Å². The number of benzene rings is 2. The Labute approximate surface area is 120 Å². The van der Waals surface area contributed by atoms with E-state index in [1.807, 2.05) is 0 Å². The predicted octanol–water partition coefficient (Wildman–Crippen LogP) is 1.55. The molecule has 4 rings (SSSR count). The molecule has 21 heavy (non-hydrogen) atoms. The summed E-state index contributed by atoms with van der Waals surface area (Å²) in [5.41, 5.74) is 0.710. The van der Waals surface area contributed by atoms with Gasteiger partial charge in [0.05, 0.1) is 6.10 Å². The molecule has 0 spiro atoms. The van der Waals surface area contributed by atoms with Crippen LogP contribution in [0.15, 0.2) is 30.3 Å². The maximum Gasteiger partial charge on any atom is 0.157 e. The van der Waals surface area contributed by atoms with Crippen molar-refractivity contribution in [1.82, 2.24) is 0 Å². The van der Waals surface area contributed by atoms with Gasteiger partial charge in [0.25, 0.3) is 0 Å². The lowest BCUT2D eigenvalue weighted by molar-refractivity contribution is 0.0318. The Bertz CT molecular complexity index is 674. The van der Waals surface area contributed by atoms with Gasteiger partial charge in [-0.3, -0.25) is 0 Å². The minimum atomic E-state index is -1.04. The summed E-state index contributed by atoms with van der Waals surface area (Å²) in [6, 6.07) is 6.84. The Balaban J connectivity index is 2.03. The van der Waals surface area contributed by atoms with Gasteiger partial charge in [0, 0.05) is 24.1 Å². The summed E-state index contributed by atoms with van der Waals surface area (Å²) in [6.07, 6.45) is -1.84. The van der Waals surface area contributed by atoms with E-state index in [2.05, 4.69) is 0 Å². The number of hydrogen-bond acceptors (Lipinski definition) is 6. The summed E-state index contributed by atoms with van der Waals surface area (Å²) in [5.74, 6) is -0.667. The summed E-state index contributed by atoms with van der Waals surface area (Å²) in [6.45, 7) is 0. The van der Waals surface area contributed by atoms with Crippen LogP contribution in [0.3, 0.4) is 0 Å². The summed E-state index contributed by atoms with van der Waals surface area (Å²) in [5, 5.41) is 48.7. The van der Waals surface area contributed by atoms with E-state index in [0.29, 0.717) is 5.56 Å². The van der Waals surface area contributed by atoms with Crippen molar-refractivity contribution in [1.29, 1.82) is 0 Å². The maximum absolute atomic E-state index is 10.3. The lowest BCUT2D eigenvalue weighted by Gasteiger charge is -2.28. The van der Waals surface area contributed by atoms with Gasteiger partial charge in [0.15, 0.2) is 11.5 Å². The molecule has 2 aromatic carbocycles. The third-order valence-corrected chi connectivity index (χ3v) is 3.53. The molecule has 110 valence electrons. The first kappa shape index (κ1) is 13.4. The number of phenols is 4. The molecule has 2 aliphatic rings. The molecular formula is C15H14O6. The number of aliphatic hydroxyl groups excluding tert-OH is 1. The van der Waals surface area contributed by atoms with Crippen LogP contribution in [0.2, 0.25) is 0 Å². The highest BCUT2D eigenvalue weighted by molar-refractivity contribution is 5.51. The zero-order valence-corrected chi connectivity index (χ0v) is 10.9. The first-order chi connectivity index (χ1) is 9.95. The van der Waals surface area contributed by atoms with Gasteiger partial charge in [-0.25, -0.2) is 0 Å². The third kappa shape index (κ3) is 2.30. The maximum atomic E-state index is 10.3. The van der Waals surface area contributed by atoms with Gasteiger partial charge < -0.3 is 30.3 Å². The molecule has 0 unspecified atom stereocenters. The minimum Gasteiger partial charge on any atom is -0.507 e. The second-order valence-corrected chi connectivity index (χ2v) is 5.00. The van der Waals surface area contributed by atoms with Gasteiger partial charge in [-0.05, 0) is 17.7 Å². The van der Waals surface area contributed by atoms with Crippen molar-refractivity contribution in [2.45, 2.75) is 18.6 Å². The van der Waals surface area contributed by atoms with Gasteiger partial charge >= 0.3 is 0 Å². The Morgan fingerprint density at radius 2 is 1.52 bits per heavy atom. The highest BCUT2D eigenvalue weighted by atomic mass is 16.5. The van der Waals surface area contributed by atoms with E-state index < -0.39 is 12.2 Å². The fourth-order valence-corrected chi connectivity index (χ4v) is 2.44. The van der Waals surface area contributed by atoms with Crippen LogP contribution in [0, 0.1) is 0 Å². The number of fused-ring (bicyclic) bond motifs is 5. The van der Waals surface area contributed by atoms with Crippen LogP contribution < -0.4 is 4.74 Å². The SMILES string of the molecule is Oc1ccc([C@H]2Oc3cc(O)c(c(O)c3)C[C@@H]2O)cc1O. The average Bonchev–Trinajstić information content (AvgIpc) is 2.41. The van der Waals surface area contributed by atoms with Crippen LogP contribution >= 0.6 is 0 Å². The molecule has 2 bridgehead atoms. The summed E-state index contributed by atoms with van der Waals surface area (Å²) < 4.78 is 5.60. The molecule has 2 heterocycles. The van der Waals surface area contributed by atoms with Crippen molar-refractivity contribution in [3.8, 4) is 28.7 Å². The van der Waals surface area contributed by atoms with Gasteiger partial charge in [0.1, 0.15) is 23.4 Å². The highest BCUT2D eigenvalue weighted by Gasteiger charge is 2.29. The van der Waals surface area contributed by atoms with Crippen molar-refractivity contribution in [2.24, 2.45) is 0 Å². The van der Waals surface area contributed by atoms with Crippen molar-refractivity contribution in [3.05, 3.63) is 41.5 Å². The Morgan fingerprint density at radius 1 is 0.857 bits per heavy atom. The van der Waals surface area contributed by atoms with Crippen molar-refractivity contribution < 1.29 is 30.3 Å².